The Morgan fingerprint density at radius 3 is 2.33 bits per heavy atom. The second-order valence-corrected chi connectivity index (χ2v) is 4.49. The quantitative estimate of drug-likeness (QED) is 0.632. The Balaban J connectivity index is 3.33. The summed E-state index contributed by atoms with van der Waals surface area (Å²) in [7, 11) is -4.04. The Bertz CT molecular complexity index is 479. The van der Waals surface area contributed by atoms with Crippen molar-refractivity contribution >= 4 is 15.4 Å². The molecule has 0 aliphatic carbocycles. The highest BCUT2D eigenvalue weighted by atomic mass is 32.2. The SMILES string of the molecule is N=CS(=O)(=O)c1cccc(C(F)(F)F)c1. The molecule has 0 spiro atoms. The summed E-state index contributed by atoms with van der Waals surface area (Å²) in [6.07, 6.45) is -4.59. The van der Waals surface area contributed by atoms with Crippen LogP contribution in [0.3, 0.4) is 0 Å². The lowest BCUT2D eigenvalue weighted by Crippen LogP contribution is -2.07. The van der Waals surface area contributed by atoms with Gasteiger partial charge in [-0.05, 0) is 18.2 Å². The average molecular weight is 237 g/mol. The number of hydrogen-bond acceptors (Lipinski definition) is 3. The molecule has 0 saturated heterocycles. The van der Waals surface area contributed by atoms with Gasteiger partial charge in [-0.25, -0.2) is 8.42 Å². The van der Waals surface area contributed by atoms with E-state index in [1.807, 2.05) is 0 Å². The van der Waals surface area contributed by atoms with Gasteiger partial charge in [0.2, 0.25) is 9.84 Å². The summed E-state index contributed by atoms with van der Waals surface area (Å²) in [5.74, 6) is 0. The van der Waals surface area contributed by atoms with E-state index < -0.39 is 26.5 Å². The molecule has 7 heteroatoms. The van der Waals surface area contributed by atoms with Crippen molar-refractivity contribution in [2.45, 2.75) is 11.1 Å². The standard InChI is InChI=1S/C8H6F3NO2S/c9-8(10,11)6-2-1-3-7(4-6)15(13,14)5-12/h1-5,12H. The molecule has 0 amide bonds. The van der Waals surface area contributed by atoms with Gasteiger partial charge in [0.25, 0.3) is 0 Å². The van der Waals surface area contributed by atoms with Crippen LogP contribution >= 0.6 is 0 Å². The molecular weight excluding hydrogens is 231 g/mol. The Kier molecular flexibility index (Phi) is 2.85. The molecule has 1 aromatic rings. The maximum Gasteiger partial charge on any atom is 0.416 e. The van der Waals surface area contributed by atoms with Gasteiger partial charge < -0.3 is 0 Å². The second-order valence-electron chi connectivity index (χ2n) is 2.69. The summed E-state index contributed by atoms with van der Waals surface area (Å²) in [6.45, 7) is 0. The lowest BCUT2D eigenvalue weighted by molar-refractivity contribution is -0.137. The van der Waals surface area contributed by atoms with Gasteiger partial charge >= 0.3 is 6.18 Å². The van der Waals surface area contributed by atoms with Crippen LogP contribution in [0.2, 0.25) is 0 Å². The van der Waals surface area contributed by atoms with Crippen molar-refractivity contribution < 1.29 is 21.6 Å². The third kappa shape index (κ3) is 2.56. The number of alkyl halides is 3. The molecule has 1 N–H and O–H groups in total. The van der Waals surface area contributed by atoms with E-state index in [0.29, 0.717) is 6.07 Å². The highest BCUT2D eigenvalue weighted by Gasteiger charge is 2.31. The zero-order chi connectivity index (χ0) is 11.7. The Morgan fingerprint density at radius 2 is 1.87 bits per heavy atom. The minimum atomic E-state index is -4.59. The van der Waals surface area contributed by atoms with Crippen LogP contribution in [-0.2, 0) is 16.0 Å². The van der Waals surface area contributed by atoms with E-state index in [9.17, 15) is 21.6 Å². The van der Waals surface area contributed by atoms with Gasteiger partial charge in [-0.15, -0.1) is 0 Å². The molecule has 0 unspecified atom stereocenters. The van der Waals surface area contributed by atoms with Gasteiger partial charge in [0, 0.05) is 0 Å². The van der Waals surface area contributed by atoms with Crippen LogP contribution in [0.25, 0.3) is 0 Å². The fourth-order valence-electron chi connectivity index (χ4n) is 0.917. The first-order valence-electron chi connectivity index (χ1n) is 3.70. The van der Waals surface area contributed by atoms with E-state index >= 15 is 0 Å². The van der Waals surface area contributed by atoms with Gasteiger partial charge in [-0.1, -0.05) is 6.07 Å². The van der Waals surface area contributed by atoms with Crippen LogP contribution < -0.4 is 0 Å². The largest absolute Gasteiger partial charge is 0.416 e. The number of benzene rings is 1. The maximum absolute atomic E-state index is 12.2. The molecule has 0 heterocycles. The van der Waals surface area contributed by atoms with E-state index in [1.54, 1.807) is 0 Å². The van der Waals surface area contributed by atoms with Crippen molar-refractivity contribution in [2.24, 2.45) is 0 Å². The molecule has 82 valence electrons. The highest BCUT2D eigenvalue weighted by Crippen LogP contribution is 2.30. The third-order valence-electron chi connectivity index (χ3n) is 1.65. The number of halogens is 3. The van der Waals surface area contributed by atoms with Crippen molar-refractivity contribution in [1.29, 1.82) is 5.41 Å². The van der Waals surface area contributed by atoms with Gasteiger partial charge in [0.15, 0.2) is 0 Å². The number of nitrogens with one attached hydrogen (secondary N) is 1. The fourth-order valence-corrected chi connectivity index (χ4v) is 1.61. The average Bonchev–Trinajstić information content (AvgIpc) is 2.17. The molecule has 0 radical (unpaired) electrons. The monoisotopic (exact) mass is 237 g/mol. The maximum atomic E-state index is 12.2. The molecule has 1 aromatic carbocycles. The van der Waals surface area contributed by atoms with E-state index in [0.717, 1.165) is 18.2 Å². The molecule has 0 aliphatic heterocycles. The van der Waals surface area contributed by atoms with Crippen LogP contribution in [0, 0.1) is 5.41 Å². The number of sulfone groups is 1. The first-order valence-corrected chi connectivity index (χ1v) is 5.25. The zero-order valence-electron chi connectivity index (χ0n) is 7.25. The lowest BCUT2D eigenvalue weighted by atomic mass is 10.2. The van der Waals surface area contributed by atoms with Gasteiger partial charge in [0.1, 0.15) is 5.55 Å². The van der Waals surface area contributed by atoms with Crippen LogP contribution in [0.1, 0.15) is 5.56 Å². The first kappa shape index (κ1) is 11.7. The summed E-state index contributed by atoms with van der Waals surface area (Å²) in [5.41, 5.74) is -0.937. The molecule has 0 bridgehead atoms. The molecule has 15 heavy (non-hydrogen) atoms. The van der Waals surface area contributed by atoms with Crippen molar-refractivity contribution in [3.8, 4) is 0 Å². The van der Waals surface area contributed by atoms with E-state index in [-0.39, 0.29) is 5.55 Å². The lowest BCUT2D eigenvalue weighted by Gasteiger charge is -2.07. The van der Waals surface area contributed by atoms with E-state index in [2.05, 4.69) is 0 Å². The topological polar surface area (TPSA) is 58.0 Å². The smallest absolute Gasteiger partial charge is 0.297 e. The fraction of sp³-hybridized carbons (Fsp3) is 0.125. The van der Waals surface area contributed by atoms with Gasteiger partial charge in [-0.2, -0.15) is 13.2 Å². The van der Waals surface area contributed by atoms with Crippen LogP contribution in [-0.4, -0.2) is 14.0 Å². The highest BCUT2D eigenvalue weighted by molar-refractivity contribution is 8.04. The summed E-state index contributed by atoms with van der Waals surface area (Å²) < 4.78 is 58.8. The molecule has 0 atom stereocenters. The van der Waals surface area contributed by atoms with Crippen molar-refractivity contribution in [3.05, 3.63) is 29.8 Å². The number of hydrogen-bond donors (Lipinski definition) is 1. The third-order valence-corrected chi connectivity index (χ3v) is 2.87. The minimum absolute atomic E-state index is 0.114. The molecular formula is C8H6F3NO2S. The predicted molar refractivity (Wildman–Crippen MR) is 47.4 cm³/mol. The van der Waals surface area contributed by atoms with Crippen molar-refractivity contribution in [1.82, 2.24) is 0 Å². The molecule has 0 aromatic heterocycles. The molecule has 1 rings (SSSR count). The zero-order valence-corrected chi connectivity index (χ0v) is 8.06. The molecule has 3 nitrogen and oxygen atoms in total. The van der Waals surface area contributed by atoms with Gasteiger partial charge in [-0.3, -0.25) is 5.41 Å². The molecule has 0 aliphatic rings. The number of rotatable bonds is 2. The van der Waals surface area contributed by atoms with E-state index in [1.165, 1.54) is 0 Å². The Labute approximate surface area is 84.0 Å². The van der Waals surface area contributed by atoms with Crippen molar-refractivity contribution in [2.75, 3.05) is 0 Å². The molecule has 0 fully saturated rings. The van der Waals surface area contributed by atoms with Crippen LogP contribution in [0.5, 0.6) is 0 Å². The first-order chi connectivity index (χ1) is 6.77. The summed E-state index contributed by atoms with van der Waals surface area (Å²) in [5, 5.41) is 6.58. The van der Waals surface area contributed by atoms with Crippen LogP contribution in [0.4, 0.5) is 13.2 Å². The summed E-state index contributed by atoms with van der Waals surface area (Å²) >= 11 is 0. The summed E-state index contributed by atoms with van der Waals surface area (Å²) in [6, 6.07) is 3.26. The molecule has 0 saturated carbocycles. The Morgan fingerprint density at radius 1 is 1.27 bits per heavy atom. The Hall–Kier alpha value is -1.37. The van der Waals surface area contributed by atoms with E-state index in [4.69, 9.17) is 5.41 Å². The summed E-state index contributed by atoms with van der Waals surface area (Å²) in [4.78, 5) is -0.535. The second kappa shape index (κ2) is 3.65. The van der Waals surface area contributed by atoms with Crippen molar-refractivity contribution in [3.63, 3.8) is 0 Å². The van der Waals surface area contributed by atoms with Crippen LogP contribution in [0.15, 0.2) is 29.2 Å². The normalized spacial score (nSPS) is 12.5. The van der Waals surface area contributed by atoms with Gasteiger partial charge in [0.05, 0.1) is 10.5 Å². The minimum Gasteiger partial charge on any atom is -0.297 e. The predicted octanol–water partition coefficient (Wildman–Crippen LogP) is 2.09.